The first-order valence-electron chi connectivity index (χ1n) is 5.91. The van der Waals surface area contributed by atoms with Crippen molar-refractivity contribution in [2.24, 2.45) is 5.73 Å². The van der Waals surface area contributed by atoms with E-state index in [-0.39, 0.29) is 6.04 Å². The van der Waals surface area contributed by atoms with Crippen molar-refractivity contribution in [1.82, 2.24) is 0 Å². The van der Waals surface area contributed by atoms with Gasteiger partial charge in [-0.1, -0.05) is 25.1 Å². The lowest BCUT2D eigenvalue weighted by molar-refractivity contribution is 0.303. The highest BCUT2D eigenvalue weighted by atomic mass is 79.9. The Balaban J connectivity index is 2.12. The number of hydrogen-bond donors (Lipinski definition) is 1. The van der Waals surface area contributed by atoms with Crippen molar-refractivity contribution in [2.45, 2.75) is 26.0 Å². The minimum atomic E-state index is 0.0352. The van der Waals surface area contributed by atoms with Crippen LogP contribution in [0.3, 0.4) is 0 Å². The topological polar surface area (TPSA) is 35.2 Å². The molecule has 0 saturated heterocycles. The van der Waals surface area contributed by atoms with Crippen LogP contribution in [0.25, 0.3) is 0 Å². The van der Waals surface area contributed by atoms with Gasteiger partial charge in [-0.3, -0.25) is 0 Å². The average molecular weight is 326 g/mol. The second kappa shape index (κ2) is 6.36. The summed E-state index contributed by atoms with van der Waals surface area (Å²) in [5, 5.41) is 2.05. The summed E-state index contributed by atoms with van der Waals surface area (Å²) in [5.74, 6) is 0.882. The smallest absolute Gasteiger partial charge is 0.124 e. The van der Waals surface area contributed by atoms with Crippen LogP contribution in [0.4, 0.5) is 0 Å². The van der Waals surface area contributed by atoms with Crippen molar-refractivity contribution in [3.63, 3.8) is 0 Å². The van der Waals surface area contributed by atoms with Crippen molar-refractivity contribution < 1.29 is 4.74 Å². The minimum absolute atomic E-state index is 0.0352. The van der Waals surface area contributed by atoms with Gasteiger partial charge in [-0.2, -0.15) is 0 Å². The average Bonchev–Trinajstić information content (AvgIpc) is 2.81. The number of para-hydroxylation sites is 1. The van der Waals surface area contributed by atoms with Gasteiger partial charge < -0.3 is 10.5 Å². The van der Waals surface area contributed by atoms with Crippen LogP contribution in [0.2, 0.25) is 0 Å². The van der Waals surface area contributed by atoms with Crippen LogP contribution < -0.4 is 10.5 Å². The maximum atomic E-state index is 6.09. The molecule has 0 spiro atoms. The summed E-state index contributed by atoms with van der Waals surface area (Å²) < 4.78 is 6.99. The van der Waals surface area contributed by atoms with Crippen LogP contribution in [-0.4, -0.2) is 0 Å². The predicted octanol–water partition coefficient (Wildman–Crippen LogP) is 4.50. The number of halogens is 1. The molecule has 0 radical (unpaired) electrons. The maximum absolute atomic E-state index is 6.09. The van der Waals surface area contributed by atoms with Crippen molar-refractivity contribution >= 4 is 27.3 Å². The second-order valence-electron chi connectivity index (χ2n) is 4.03. The van der Waals surface area contributed by atoms with Gasteiger partial charge in [0.2, 0.25) is 0 Å². The van der Waals surface area contributed by atoms with E-state index in [9.17, 15) is 0 Å². The van der Waals surface area contributed by atoms with E-state index in [1.807, 2.05) is 35.7 Å². The molecular weight excluding hydrogens is 310 g/mol. The molecule has 2 nitrogen and oxygen atoms in total. The minimum Gasteiger partial charge on any atom is -0.488 e. The van der Waals surface area contributed by atoms with E-state index in [1.54, 1.807) is 11.3 Å². The van der Waals surface area contributed by atoms with E-state index in [1.165, 1.54) is 4.88 Å². The van der Waals surface area contributed by atoms with Crippen molar-refractivity contribution in [2.75, 3.05) is 0 Å². The summed E-state index contributed by atoms with van der Waals surface area (Å²) in [7, 11) is 0. The van der Waals surface area contributed by atoms with Crippen LogP contribution in [0.5, 0.6) is 5.75 Å². The van der Waals surface area contributed by atoms with Gasteiger partial charge in [0.1, 0.15) is 12.4 Å². The van der Waals surface area contributed by atoms with Gasteiger partial charge in [0.25, 0.3) is 0 Å². The molecule has 1 unspecified atom stereocenters. The van der Waals surface area contributed by atoms with E-state index in [0.29, 0.717) is 6.61 Å². The first kappa shape index (κ1) is 13.6. The Bertz CT molecular complexity index is 512. The Labute approximate surface area is 120 Å². The Morgan fingerprint density at radius 1 is 1.33 bits per heavy atom. The molecule has 0 saturated carbocycles. The maximum Gasteiger partial charge on any atom is 0.124 e. The van der Waals surface area contributed by atoms with Crippen LogP contribution in [0.15, 0.2) is 40.2 Å². The summed E-state index contributed by atoms with van der Waals surface area (Å²) in [6.07, 6.45) is 0.906. The first-order chi connectivity index (χ1) is 8.72. The van der Waals surface area contributed by atoms with E-state index in [4.69, 9.17) is 10.5 Å². The van der Waals surface area contributed by atoms with Crippen LogP contribution in [0.1, 0.15) is 29.8 Å². The molecule has 2 aromatic rings. The molecular formula is C14H16BrNOS. The van der Waals surface area contributed by atoms with Crippen molar-refractivity contribution in [3.8, 4) is 5.75 Å². The summed E-state index contributed by atoms with van der Waals surface area (Å²) >= 11 is 5.19. The zero-order valence-corrected chi connectivity index (χ0v) is 12.6. The fraction of sp³-hybridized carbons (Fsp3) is 0.286. The molecule has 0 aliphatic carbocycles. The number of benzene rings is 1. The molecule has 2 rings (SSSR count). The molecule has 4 heteroatoms. The Kier molecular flexibility index (Phi) is 4.80. The Morgan fingerprint density at radius 2 is 2.11 bits per heavy atom. The third-order valence-electron chi connectivity index (χ3n) is 2.81. The number of rotatable bonds is 5. The standard InChI is InChI=1S/C14H16BrNOS/c1-2-12(16)10-5-3-4-6-13(10)17-9-14-11(15)7-8-18-14/h3-8,12H,2,9,16H2,1H3. The zero-order valence-electron chi connectivity index (χ0n) is 10.2. The summed E-state index contributed by atoms with van der Waals surface area (Å²) in [6.45, 7) is 2.66. The molecule has 0 aliphatic rings. The molecule has 2 N–H and O–H groups in total. The largest absolute Gasteiger partial charge is 0.488 e. The number of thiophene rings is 1. The number of nitrogens with two attached hydrogens (primary N) is 1. The SMILES string of the molecule is CCC(N)c1ccccc1OCc1sccc1Br. The molecule has 1 atom stereocenters. The van der Waals surface area contributed by atoms with E-state index >= 15 is 0 Å². The normalized spacial score (nSPS) is 12.4. The van der Waals surface area contributed by atoms with Gasteiger partial charge in [0, 0.05) is 16.1 Å². The summed E-state index contributed by atoms with van der Waals surface area (Å²) in [5.41, 5.74) is 7.16. The van der Waals surface area contributed by atoms with Gasteiger partial charge in [-0.05, 0) is 39.9 Å². The Morgan fingerprint density at radius 3 is 2.78 bits per heavy atom. The third kappa shape index (κ3) is 3.13. The molecule has 0 amide bonds. The Hall–Kier alpha value is -0.840. The quantitative estimate of drug-likeness (QED) is 0.878. The van der Waals surface area contributed by atoms with Gasteiger partial charge >= 0.3 is 0 Å². The molecule has 0 fully saturated rings. The molecule has 1 aromatic heterocycles. The van der Waals surface area contributed by atoms with E-state index in [2.05, 4.69) is 22.9 Å². The van der Waals surface area contributed by atoms with Crippen molar-refractivity contribution in [1.29, 1.82) is 0 Å². The lowest BCUT2D eigenvalue weighted by Crippen LogP contribution is -2.10. The molecule has 18 heavy (non-hydrogen) atoms. The molecule has 1 heterocycles. The fourth-order valence-corrected chi connectivity index (χ4v) is 3.09. The number of ether oxygens (including phenoxy) is 1. The summed E-state index contributed by atoms with van der Waals surface area (Å²) in [4.78, 5) is 1.19. The lowest BCUT2D eigenvalue weighted by Gasteiger charge is -2.15. The highest BCUT2D eigenvalue weighted by molar-refractivity contribution is 9.10. The van der Waals surface area contributed by atoms with Crippen LogP contribution in [0, 0.1) is 0 Å². The molecule has 0 aliphatic heterocycles. The second-order valence-corrected chi connectivity index (χ2v) is 5.89. The van der Waals surface area contributed by atoms with Gasteiger partial charge in [-0.15, -0.1) is 11.3 Å². The molecule has 96 valence electrons. The third-order valence-corrected chi connectivity index (χ3v) is 4.71. The molecule has 1 aromatic carbocycles. The highest BCUT2D eigenvalue weighted by Crippen LogP contribution is 2.28. The van der Waals surface area contributed by atoms with Crippen LogP contribution in [-0.2, 0) is 6.61 Å². The lowest BCUT2D eigenvalue weighted by atomic mass is 10.0. The monoisotopic (exact) mass is 325 g/mol. The number of hydrogen-bond acceptors (Lipinski definition) is 3. The van der Waals surface area contributed by atoms with Crippen LogP contribution >= 0.6 is 27.3 Å². The van der Waals surface area contributed by atoms with Crippen molar-refractivity contribution in [3.05, 3.63) is 50.6 Å². The fourth-order valence-electron chi connectivity index (χ4n) is 1.71. The summed E-state index contributed by atoms with van der Waals surface area (Å²) in [6, 6.07) is 10.1. The first-order valence-corrected chi connectivity index (χ1v) is 7.58. The highest BCUT2D eigenvalue weighted by Gasteiger charge is 2.10. The van der Waals surface area contributed by atoms with Gasteiger partial charge in [0.15, 0.2) is 0 Å². The van der Waals surface area contributed by atoms with E-state index in [0.717, 1.165) is 22.2 Å². The van der Waals surface area contributed by atoms with E-state index < -0.39 is 0 Å². The zero-order chi connectivity index (χ0) is 13.0. The predicted molar refractivity (Wildman–Crippen MR) is 80.0 cm³/mol. The molecule has 0 bridgehead atoms. The van der Waals surface area contributed by atoms with Gasteiger partial charge in [0.05, 0.1) is 4.88 Å². The van der Waals surface area contributed by atoms with Gasteiger partial charge in [-0.25, -0.2) is 0 Å².